The van der Waals surface area contributed by atoms with Crippen molar-refractivity contribution in [2.75, 3.05) is 6.54 Å². The second-order valence-electron chi connectivity index (χ2n) is 3.23. The average molecular weight is 231 g/mol. The molecule has 0 spiro atoms. The molecule has 0 bridgehead atoms. The predicted molar refractivity (Wildman–Crippen MR) is 57.0 cm³/mol. The molecule has 0 aliphatic heterocycles. The lowest BCUT2D eigenvalue weighted by Gasteiger charge is -2.14. The minimum absolute atomic E-state index is 0.0644. The SMILES string of the molecule is CC(NCC(N)=O)c1ccc(F)cc1Cl. The summed E-state index contributed by atoms with van der Waals surface area (Å²) in [5.74, 6) is -0.828. The van der Waals surface area contributed by atoms with Gasteiger partial charge >= 0.3 is 0 Å². The van der Waals surface area contributed by atoms with Crippen molar-refractivity contribution >= 4 is 17.5 Å². The van der Waals surface area contributed by atoms with E-state index in [2.05, 4.69) is 5.32 Å². The molecule has 82 valence electrons. The van der Waals surface area contributed by atoms with Gasteiger partial charge in [0.1, 0.15) is 5.82 Å². The lowest BCUT2D eigenvalue weighted by Crippen LogP contribution is -2.30. The summed E-state index contributed by atoms with van der Waals surface area (Å²) in [6.07, 6.45) is 0. The molecule has 0 aromatic heterocycles. The molecule has 3 N–H and O–H groups in total. The second kappa shape index (κ2) is 5.09. The number of rotatable bonds is 4. The van der Waals surface area contributed by atoms with E-state index in [0.29, 0.717) is 5.02 Å². The van der Waals surface area contributed by atoms with Gasteiger partial charge in [0.2, 0.25) is 5.91 Å². The van der Waals surface area contributed by atoms with Crippen molar-refractivity contribution in [3.63, 3.8) is 0 Å². The maximum atomic E-state index is 12.7. The number of hydrogen-bond acceptors (Lipinski definition) is 2. The van der Waals surface area contributed by atoms with Gasteiger partial charge in [-0.25, -0.2) is 4.39 Å². The molecule has 0 aliphatic rings. The fourth-order valence-corrected chi connectivity index (χ4v) is 1.55. The minimum Gasteiger partial charge on any atom is -0.369 e. The van der Waals surface area contributed by atoms with Gasteiger partial charge in [-0.1, -0.05) is 17.7 Å². The first-order valence-electron chi connectivity index (χ1n) is 4.47. The van der Waals surface area contributed by atoms with Crippen LogP contribution in [-0.4, -0.2) is 12.5 Å². The van der Waals surface area contributed by atoms with E-state index in [1.54, 1.807) is 6.07 Å². The monoisotopic (exact) mass is 230 g/mol. The molecule has 0 fully saturated rings. The summed E-state index contributed by atoms with van der Waals surface area (Å²) < 4.78 is 12.7. The van der Waals surface area contributed by atoms with Gasteiger partial charge in [-0.2, -0.15) is 0 Å². The highest BCUT2D eigenvalue weighted by Gasteiger charge is 2.10. The summed E-state index contributed by atoms with van der Waals surface area (Å²) in [5.41, 5.74) is 5.72. The number of carbonyl (C=O) groups excluding carboxylic acids is 1. The highest BCUT2D eigenvalue weighted by molar-refractivity contribution is 6.31. The minimum atomic E-state index is -0.444. The number of nitrogens with two attached hydrogens (primary N) is 1. The van der Waals surface area contributed by atoms with Gasteiger partial charge in [0.15, 0.2) is 0 Å². The first-order valence-corrected chi connectivity index (χ1v) is 4.85. The maximum absolute atomic E-state index is 12.7. The molecule has 0 aliphatic carbocycles. The zero-order valence-electron chi connectivity index (χ0n) is 8.26. The Balaban J connectivity index is 2.73. The van der Waals surface area contributed by atoms with E-state index in [0.717, 1.165) is 5.56 Å². The summed E-state index contributed by atoms with van der Waals surface area (Å²) >= 11 is 5.84. The van der Waals surface area contributed by atoms with Crippen LogP contribution < -0.4 is 11.1 Å². The summed E-state index contributed by atoms with van der Waals surface area (Å²) in [6.45, 7) is 1.89. The molecule has 3 nitrogen and oxygen atoms in total. The molecule has 1 atom stereocenters. The number of halogens is 2. The molecule has 1 rings (SSSR count). The lowest BCUT2D eigenvalue weighted by molar-refractivity contribution is -0.117. The molecular weight excluding hydrogens is 219 g/mol. The Hall–Kier alpha value is -1.13. The van der Waals surface area contributed by atoms with Gasteiger partial charge in [0.25, 0.3) is 0 Å². The first-order chi connectivity index (χ1) is 7.00. The summed E-state index contributed by atoms with van der Waals surface area (Å²) in [6, 6.07) is 3.99. The molecule has 1 unspecified atom stereocenters. The van der Waals surface area contributed by atoms with Crippen molar-refractivity contribution in [2.24, 2.45) is 5.73 Å². The average Bonchev–Trinajstić information content (AvgIpc) is 2.14. The van der Waals surface area contributed by atoms with Crippen molar-refractivity contribution in [3.05, 3.63) is 34.6 Å². The number of carbonyl (C=O) groups is 1. The van der Waals surface area contributed by atoms with Crippen LogP contribution in [0.25, 0.3) is 0 Å². The van der Waals surface area contributed by atoms with Gasteiger partial charge in [-0.3, -0.25) is 4.79 Å². The van der Waals surface area contributed by atoms with Crippen LogP contribution in [-0.2, 0) is 4.79 Å². The highest BCUT2D eigenvalue weighted by atomic mass is 35.5. The van der Waals surface area contributed by atoms with Crippen molar-refractivity contribution in [2.45, 2.75) is 13.0 Å². The van der Waals surface area contributed by atoms with E-state index in [-0.39, 0.29) is 18.4 Å². The number of nitrogens with one attached hydrogen (secondary N) is 1. The lowest BCUT2D eigenvalue weighted by atomic mass is 10.1. The molecule has 15 heavy (non-hydrogen) atoms. The summed E-state index contributed by atoms with van der Waals surface area (Å²) in [4.78, 5) is 10.5. The van der Waals surface area contributed by atoms with Crippen LogP contribution >= 0.6 is 11.6 Å². The Morgan fingerprint density at radius 1 is 1.67 bits per heavy atom. The summed E-state index contributed by atoms with van der Waals surface area (Å²) in [5, 5.41) is 3.21. The predicted octanol–water partition coefficient (Wildman–Crippen LogP) is 1.61. The third kappa shape index (κ3) is 3.49. The third-order valence-corrected chi connectivity index (χ3v) is 2.34. The molecule has 0 saturated carbocycles. The quantitative estimate of drug-likeness (QED) is 0.826. The number of primary amides is 1. The zero-order valence-corrected chi connectivity index (χ0v) is 9.01. The van der Waals surface area contributed by atoms with E-state index in [4.69, 9.17) is 17.3 Å². The van der Waals surface area contributed by atoms with Gasteiger partial charge < -0.3 is 11.1 Å². The van der Waals surface area contributed by atoms with E-state index in [1.807, 2.05) is 6.92 Å². The van der Waals surface area contributed by atoms with E-state index in [1.165, 1.54) is 12.1 Å². The molecule has 0 saturated heterocycles. The Morgan fingerprint density at radius 2 is 2.33 bits per heavy atom. The number of benzene rings is 1. The van der Waals surface area contributed by atoms with E-state index in [9.17, 15) is 9.18 Å². The Bertz CT molecular complexity index is 370. The van der Waals surface area contributed by atoms with Gasteiger partial charge in [-0.05, 0) is 24.6 Å². The van der Waals surface area contributed by atoms with Crippen LogP contribution in [0.15, 0.2) is 18.2 Å². The second-order valence-corrected chi connectivity index (χ2v) is 3.64. The Labute approximate surface area is 92.4 Å². The third-order valence-electron chi connectivity index (χ3n) is 2.01. The molecule has 1 aromatic carbocycles. The van der Waals surface area contributed by atoms with Crippen molar-refractivity contribution < 1.29 is 9.18 Å². The normalized spacial score (nSPS) is 12.5. The topological polar surface area (TPSA) is 55.1 Å². The zero-order chi connectivity index (χ0) is 11.4. The fourth-order valence-electron chi connectivity index (χ4n) is 1.22. The smallest absolute Gasteiger partial charge is 0.231 e. The highest BCUT2D eigenvalue weighted by Crippen LogP contribution is 2.23. The van der Waals surface area contributed by atoms with Crippen LogP contribution in [0.1, 0.15) is 18.5 Å². The standard InChI is InChI=1S/C10H12ClFN2O/c1-6(14-5-10(13)15)8-3-2-7(12)4-9(8)11/h2-4,6,14H,5H2,1H3,(H2,13,15). The van der Waals surface area contributed by atoms with Crippen molar-refractivity contribution in [3.8, 4) is 0 Å². The van der Waals surface area contributed by atoms with Crippen molar-refractivity contribution in [1.29, 1.82) is 0 Å². The van der Waals surface area contributed by atoms with E-state index < -0.39 is 5.91 Å². The van der Waals surface area contributed by atoms with E-state index >= 15 is 0 Å². The van der Waals surface area contributed by atoms with Gasteiger partial charge in [-0.15, -0.1) is 0 Å². The number of hydrogen-bond donors (Lipinski definition) is 2. The van der Waals surface area contributed by atoms with Crippen LogP contribution in [0.4, 0.5) is 4.39 Å². The summed E-state index contributed by atoms with van der Waals surface area (Å²) in [7, 11) is 0. The van der Waals surface area contributed by atoms with Crippen molar-refractivity contribution in [1.82, 2.24) is 5.32 Å². The molecule has 1 amide bonds. The van der Waals surface area contributed by atoms with Gasteiger partial charge in [0, 0.05) is 11.1 Å². The van der Waals surface area contributed by atoms with Crippen LogP contribution in [0.2, 0.25) is 5.02 Å². The molecule has 1 aromatic rings. The first kappa shape index (κ1) is 11.9. The van der Waals surface area contributed by atoms with Crippen LogP contribution in [0, 0.1) is 5.82 Å². The fraction of sp³-hybridized carbons (Fsp3) is 0.300. The molecule has 0 radical (unpaired) electrons. The largest absolute Gasteiger partial charge is 0.369 e. The van der Waals surface area contributed by atoms with Gasteiger partial charge in [0.05, 0.1) is 6.54 Å². The number of amides is 1. The Kier molecular flexibility index (Phi) is 4.05. The molecular formula is C10H12ClFN2O. The Morgan fingerprint density at radius 3 is 2.87 bits per heavy atom. The van der Waals surface area contributed by atoms with Crippen LogP contribution in [0.3, 0.4) is 0 Å². The molecule has 0 heterocycles. The molecule has 5 heteroatoms. The maximum Gasteiger partial charge on any atom is 0.231 e. The van der Waals surface area contributed by atoms with Crippen LogP contribution in [0.5, 0.6) is 0 Å².